The Morgan fingerprint density at radius 1 is 1.19 bits per heavy atom. The summed E-state index contributed by atoms with van der Waals surface area (Å²) in [5, 5.41) is 18.7. The minimum Gasteiger partial charge on any atom is -0.359 e. The lowest BCUT2D eigenvalue weighted by Crippen LogP contribution is -2.42. The van der Waals surface area contributed by atoms with E-state index < -0.39 is 28.4 Å². The minimum absolute atomic E-state index is 0.238. The van der Waals surface area contributed by atoms with Crippen LogP contribution in [0.1, 0.15) is 11.3 Å². The second-order valence-electron chi connectivity index (χ2n) is 6.41. The number of amides is 2. The summed E-state index contributed by atoms with van der Waals surface area (Å²) >= 11 is 0. The second kappa shape index (κ2) is 8.34. The van der Waals surface area contributed by atoms with E-state index in [1.165, 1.54) is 7.05 Å². The van der Waals surface area contributed by atoms with Gasteiger partial charge in [0.05, 0.1) is 10.5 Å². The van der Waals surface area contributed by atoms with Crippen LogP contribution in [0.5, 0.6) is 0 Å². The molecule has 0 aliphatic heterocycles. The van der Waals surface area contributed by atoms with E-state index in [0.717, 1.165) is 11.1 Å². The third-order valence-electron chi connectivity index (χ3n) is 4.28. The molecule has 0 unspecified atom stereocenters. The van der Waals surface area contributed by atoms with Crippen LogP contribution < -0.4 is 15.8 Å². The van der Waals surface area contributed by atoms with Gasteiger partial charge in [-0.1, -0.05) is 35.5 Å². The number of halogens is 3. The Morgan fingerprint density at radius 3 is 2.48 bits per heavy atom. The molecule has 31 heavy (non-hydrogen) atoms. The molecule has 2 N–H and O–H groups in total. The number of alkyl halides is 3. The topological polar surface area (TPSA) is 114 Å². The molecule has 1 aromatic heterocycles. The van der Waals surface area contributed by atoms with Gasteiger partial charge in [0.25, 0.3) is 5.69 Å². The number of aromatic nitrogens is 1. The smallest absolute Gasteiger partial charge is 0.359 e. The van der Waals surface area contributed by atoms with E-state index in [-0.39, 0.29) is 11.4 Å². The van der Waals surface area contributed by atoms with Gasteiger partial charge < -0.3 is 9.84 Å². The summed E-state index contributed by atoms with van der Waals surface area (Å²) in [5.74, 6) is 0.317. The first-order chi connectivity index (χ1) is 14.6. The number of carbonyl (C=O) groups excluding carboxylic acids is 1. The van der Waals surface area contributed by atoms with Crippen LogP contribution in [0, 0.1) is 17.0 Å². The van der Waals surface area contributed by atoms with Crippen LogP contribution in [-0.2, 0) is 6.18 Å². The summed E-state index contributed by atoms with van der Waals surface area (Å²) in [4.78, 5) is 22.8. The highest BCUT2D eigenvalue weighted by atomic mass is 19.4. The fraction of sp³-hybridized carbons (Fsp3) is 0.158. The van der Waals surface area contributed by atoms with Crippen molar-refractivity contribution < 1.29 is 27.4 Å². The van der Waals surface area contributed by atoms with Gasteiger partial charge in [0.15, 0.2) is 5.76 Å². The van der Waals surface area contributed by atoms with E-state index in [1.807, 2.05) is 6.07 Å². The first-order valence-corrected chi connectivity index (χ1v) is 8.76. The van der Waals surface area contributed by atoms with Gasteiger partial charge in [-0.15, -0.1) is 0 Å². The van der Waals surface area contributed by atoms with Crippen molar-refractivity contribution in [2.45, 2.75) is 13.1 Å². The van der Waals surface area contributed by atoms with Gasteiger partial charge in [0, 0.05) is 18.7 Å². The van der Waals surface area contributed by atoms with Crippen LogP contribution in [0.2, 0.25) is 0 Å². The number of benzene rings is 2. The predicted molar refractivity (Wildman–Crippen MR) is 105 cm³/mol. The molecule has 0 bridgehead atoms. The highest BCUT2D eigenvalue weighted by Gasteiger charge is 2.33. The number of nitrogens with one attached hydrogen (secondary N) is 2. The van der Waals surface area contributed by atoms with Crippen LogP contribution >= 0.6 is 0 Å². The molecule has 0 saturated carbocycles. The summed E-state index contributed by atoms with van der Waals surface area (Å²) in [6.45, 7) is 1.58. The Hall–Kier alpha value is -4.09. The van der Waals surface area contributed by atoms with E-state index in [9.17, 15) is 28.1 Å². The monoisotopic (exact) mass is 435 g/mol. The van der Waals surface area contributed by atoms with Crippen molar-refractivity contribution in [1.82, 2.24) is 10.6 Å². The quantitative estimate of drug-likeness (QED) is 0.442. The number of aryl methyl sites for hydroxylation is 1. The van der Waals surface area contributed by atoms with Gasteiger partial charge in [0.2, 0.25) is 0 Å². The van der Waals surface area contributed by atoms with E-state index in [0.29, 0.717) is 29.2 Å². The third kappa shape index (κ3) is 4.74. The Balaban J connectivity index is 1.81. The predicted octanol–water partition coefficient (Wildman–Crippen LogP) is 4.75. The van der Waals surface area contributed by atoms with Gasteiger partial charge in [-0.3, -0.25) is 15.1 Å². The van der Waals surface area contributed by atoms with Crippen molar-refractivity contribution >= 4 is 23.1 Å². The van der Waals surface area contributed by atoms with Crippen molar-refractivity contribution in [2.75, 3.05) is 17.4 Å². The number of nitro benzene ring substituents is 1. The summed E-state index contributed by atoms with van der Waals surface area (Å²) in [7, 11) is 1.26. The lowest BCUT2D eigenvalue weighted by atomic mass is 10.1. The number of nitrogens with zero attached hydrogens (tertiary/aromatic N) is 3. The molecule has 9 nitrogen and oxygen atoms in total. The van der Waals surface area contributed by atoms with Crippen LogP contribution in [-0.4, -0.2) is 23.2 Å². The Morgan fingerprint density at radius 2 is 1.87 bits per heavy atom. The lowest BCUT2D eigenvalue weighted by molar-refractivity contribution is -0.384. The zero-order chi connectivity index (χ0) is 22.8. The standard InChI is InChI=1S/C19H16F3N5O4/c1-11-16(17(25-31-11)12-6-4-3-5-7-12)23-18(28)24-26(2)14-9-8-13(19(20,21)22)10-15(14)27(29)30/h3-10H,1-2H3,(H2,23,24,28). The van der Waals surface area contributed by atoms with Crippen molar-refractivity contribution in [2.24, 2.45) is 0 Å². The van der Waals surface area contributed by atoms with Gasteiger partial charge in [-0.2, -0.15) is 13.2 Å². The highest BCUT2D eigenvalue weighted by Crippen LogP contribution is 2.36. The van der Waals surface area contributed by atoms with E-state index >= 15 is 0 Å². The number of carbonyl (C=O) groups is 1. The van der Waals surface area contributed by atoms with Gasteiger partial charge in [0.1, 0.15) is 17.1 Å². The Labute approximate surface area is 173 Å². The average molecular weight is 435 g/mol. The molecule has 2 aromatic carbocycles. The molecular weight excluding hydrogens is 419 g/mol. The van der Waals surface area contributed by atoms with Crippen LogP contribution in [0.15, 0.2) is 53.1 Å². The molecule has 0 fully saturated rings. The molecule has 0 saturated heterocycles. The Kier molecular flexibility index (Phi) is 5.81. The van der Waals surface area contributed by atoms with Crippen LogP contribution in [0.25, 0.3) is 11.3 Å². The fourth-order valence-corrected chi connectivity index (χ4v) is 2.80. The first kappa shape index (κ1) is 21.6. The minimum atomic E-state index is -4.74. The second-order valence-corrected chi connectivity index (χ2v) is 6.41. The number of nitro groups is 1. The van der Waals surface area contributed by atoms with E-state index in [4.69, 9.17) is 4.52 Å². The number of anilines is 2. The first-order valence-electron chi connectivity index (χ1n) is 8.76. The maximum Gasteiger partial charge on any atom is 0.416 e. The maximum absolute atomic E-state index is 12.9. The number of hydrogen-bond acceptors (Lipinski definition) is 6. The molecular formula is C19H16F3N5O4. The summed E-state index contributed by atoms with van der Waals surface area (Å²) in [5.41, 5.74) is 1.43. The molecule has 3 aromatic rings. The average Bonchev–Trinajstić information content (AvgIpc) is 3.07. The fourth-order valence-electron chi connectivity index (χ4n) is 2.80. The Bertz CT molecular complexity index is 1120. The lowest BCUT2D eigenvalue weighted by Gasteiger charge is -2.21. The van der Waals surface area contributed by atoms with E-state index in [2.05, 4.69) is 15.9 Å². The summed E-state index contributed by atoms with van der Waals surface area (Å²) in [6, 6.07) is 10.1. The third-order valence-corrected chi connectivity index (χ3v) is 4.28. The van der Waals surface area contributed by atoms with Crippen molar-refractivity contribution in [1.29, 1.82) is 0 Å². The highest BCUT2D eigenvalue weighted by molar-refractivity contribution is 5.95. The molecule has 0 atom stereocenters. The number of rotatable bonds is 5. The van der Waals surface area contributed by atoms with Gasteiger partial charge in [-0.05, 0) is 19.1 Å². The van der Waals surface area contributed by atoms with Crippen molar-refractivity contribution in [3.05, 3.63) is 70.0 Å². The molecule has 2 amide bonds. The van der Waals surface area contributed by atoms with Gasteiger partial charge >= 0.3 is 12.2 Å². The molecule has 0 aliphatic carbocycles. The van der Waals surface area contributed by atoms with Crippen LogP contribution in [0.3, 0.4) is 0 Å². The van der Waals surface area contributed by atoms with Crippen LogP contribution in [0.4, 0.5) is 35.0 Å². The van der Waals surface area contributed by atoms with Crippen molar-refractivity contribution in [3.63, 3.8) is 0 Å². The van der Waals surface area contributed by atoms with E-state index in [1.54, 1.807) is 31.2 Å². The molecule has 1 heterocycles. The van der Waals surface area contributed by atoms with Gasteiger partial charge in [-0.25, -0.2) is 10.2 Å². The summed E-state index contributed by atoms with van der Waals surface area (Å²) in [6.07, 6.45) is -4.74. The summed E-state index contributed by atoms with van der Waals surface area (Å²) < 4.78 is 43.7. The number of hydrazine groups is 1. The maximum atomic E-state index is 12.9. The molecule has 0 radical (unpaired) electrons. The number of hydrogen-bond donors (Lipinski definition) is 2. The molecule has 0 spiro atoms. The number of urea groups is 1. The molecule has 162 valence electrons. The molecule has 3 rings (SSSR count). The normalized spacial score (nSPS) is 11.1. The molecule has 0 aliphatic rings. The zero-order valence-electron chi connectivity index (χ0n) is 16.2. The molecule has 12 heteroatoms. The largest absolute Gasteiger partial charge is 0.416 e. The zero-order valence-corrected chi connectivity index (χ0v) is 16.2. The SMILES string of the molecule is Cc1onc(-c2ccccc2)c1NC(=O)NN(C)c1ccc(C(F)(F)F)cc1[N+](=O)[O-]. The van der Waals surface area contributed by atoms with Crippen molar-refractivity contribution in [3.8, 4) is 11.3 Å².